The largest absolute Gasteiger partial charge is 0.480 e. The summed E-state index contributed by atoms with van der Waals surface area (Å²) in [6.45, 7) is 2.82. The highest BCUT2D eigenvalue weighted by Gasteiger charge is 2.22. The number of amides is 3. The van der Waals surface area contributed by atoms with Crippen molar-refractivity contribution in [3.63, 3.8) is 0 Å². The number of hydrogen-bond acceptors (Lipinski definition) is 5. The van der Waals surface area contributed by atoms with Crippen molar-refractivity contribution in [2.45, 2.75) is 32.4 Å². The Morgan fingerprint density at radius 2 is 1.73 bits per heavy atom. The average molecular weight is 417 g/mol. The van der Waals surface area contributed by atoms with E-state index in [1.165, 1.54) is 0 Å². The Hall–Kier alpha value is -3.40. The van der Waals surface area contributed by atoms with E-state index in [-0.39, 0.29) is 18.9 Å². The molecule has 2 atom stereocenters. The number of aliphatic carboxylic acids is 1. The van der Waals surface area contributed by atoms with Crippen LogP contribution in [0.3, 0.4) is 0 Å². The van der Waals surface area contributed by atoms with Crippen LogP contribution in [-0.2, 0) is 25.6 Å². The van der Waals surface area contributed by atoms with E-state index in [0.717, 1.165) is 16.5 Å². The fourth-order valence-corrected chi connectivity index (χ4v) is 2.80. The monoisotopic (exact) mass is 417 g/mol. The maximum absolute atomic E-state index is 12.1. The Bertz CT molecular complexity index is 923. The molecular weight excluding hydrogens is 390 g/mol. The zero-order chi connectivity index (χ0) is 22.3. The normalized spacial score (nSPS) is 12.9. The van der Waals surface area contributed by atoms with Gasteiger partial charge in [-0.25, -0.2) is 4.79 Å². The van der Waals surface area contributed by atoms with E-state index in [0.29, 0.717) is 0 Å². The average Bonchev–Trinajstić information content (AvgIpc) is 3.12. The molecule has 0 aliphatic heterocycles. The molecule has 7 N–H and O–H groups in total. The molecule has 2 rings (SSSR count). The number of nitrogens with one attached hydrogen (secondary N) is 4. The minimum atomic E-state index is -1.19. The highest BCUT2D eigenvalue weighted by atomic mass is 16.4. The summed E-state index contributed by atoms with van der Waals surface area (Å²) in [5, 5.41) is 17.4. The first kappa shape index (κ1) is 22.9. The van der Waals surface area contributed by atoms with Gasteiger partial charge in [0.15, 0.2) is 0 Å². The van der Waals surface area contributed by atoms with Gasteiger partial charge in [0.05, 0.1) is 19.1 Å². The second kappa shape index (κ2) is 10.4. The van der Waals surface area contributed by atoms with Crippen LogP contribution in [0.4, 0.5) is 0 Å². The Labute approximate surface area is 173 Å². The van der Waals surface area contributed by atoms with Gasteiger partial charge in [-0.3, -0.25) is 14.4 Å². The Morgan fingerprint density at radius 3 is 2.40 bits per heavy atom. The van der Waals surface area contributed by atoms with Gasteiger partial charge in [-0.15, -0.1) is 0 Å². The van der Waals surface area contributed by atoms with Crippen LogP contribution < -0.4 is 21.7 Å². The van der Waals surface area contributed by atoms with Crippen LogP contribution in [0.15, 0.2) is 30.5 Å². The van der Waals surface area contributed by atoms with E-state index in [9.17, 15) is 24.3 Å². The van der Waals surface area contributed by atoms with Crippen LogP contribution in [0.5, 0.6) is 0 Å². The molecule has 1 aromatic carbocycles. The van der Waals surface area contributed by atoms with Crippen molar-refractivity contribution >= 4 is 34.6 Å². The van der Waals surface area contributed by atoms with Crippen LogP contribution >= 0.6 is 0 Å². The smallest absolute Gasteiger partial charge is 0.326 e. The SMILES string of the molecule is CC(C)C(N)C(=O)NCC(=O)NCC(=O)NC(Cc1c[nH]c2ccccc12)C(=O)O. The number of H-pyrrole nitrogens is 1. The van der Waals surface area contributed by atoms with Crippen molar-refractivity contribution < 1.29 is 24.3 Å². The molecule has 0 aliphatic rings. The molecule has 0 bridgehead atoms. The lowest BCUT2D eigenvalue weighted by atomic mass is 10.0. The van der Waals surface area contributed by atoms with E-state index in [1.54, 1.807) is 20.0 Å². The molecule has 3 amide bonds. The molecule has 162 valence electrons. The number of carbonyl (C=O) groups is 4. The molecular formula is C20H27N5O5. The maximum atomic E-state index is 12.1. The van der Waals surface area contributed by atoms with Gasteiger partial charge in [0, 0.05) is 23.5 Å². The van der Waals surface area contributed by atoms with E-state index in [1.807, 2.05) is 24.3 Å². The van der Waals surface area contributed by atoms with Crippen LogP contribution in [0.25, 0.3) is 10.9 Å². The van der Waals surface area contributed by atoms with Crippen molar-refractivity contribution in [2.24, 2.45) is 11.7 Å². The summed E-state index contributed by atoms with van der Waals surface area (Å²) in [4.78, 5) is 50.2. The summed E-state index contributed by atoms with van der Waals surface area (Å²) >= 11 is 0. The third-order valence-corrected chi connectivity index (χ3v) is 4.62. The topological polar surface area (TPSA) is 166 Å². The fraction of sp³-hybridized carbons (Fsp3) is 0.400. The van der Waals surface area contributed by atoms with Gasteiger partial charge < -0.3 is 31.8 Å². The molecule has 1 heterocycles. The number of para-hydroxylation sites is 1. The number of fused-ring (bicyclic) bond motifs is 1. The number of hydrogen-bond donors (Lipinski definition) is 6. The van der Waals surface area contributed by atoms with E-state index in [2.05, 4.69) is 20.9 Å². The molecule has 2 unspecified atom stereocenters. The molecule has 10 heteroatoms. The number of aromatic amines is 1. The highest BCUT2D eigenvalue weighted by Crippen LogP contribution is 2.19. The van der Waals surface area contributed by atoms with Gasteiger partial charge >= 0.3 is 5.97 Å². The first-order chi connectivity index (χ1) is 14.2. The van der Waals surface area contributed by atoms with Gasteiger partial charge in [-0.2, -0.15) is 0 Å². The molecule has 1 aromatic heterocycles. The van der Waals surface area contributed by atoms with Crippen LogP contribution in [0, 0.1) is 5.92 Å². The number of carboxylic acid groups (broad SMARTS) is 1. The summed E-state index contributed by atoms with van der Waals surface area (Å²) in [7, 11) is 0. The quantitative estimate of drug-likeness (QED) is 0.305. The number of carboxylic acids is 1. The van der Waals surface area contributed by atoms with Crippen molar-refractivity contribution in [2.75, 3.05) is 13.1 Å². The number of carbonyl (C=O) groups excluding carboxylic acids is 3. The zero-order valence-corrected chi connectivity index (χ0v) is 16.9. The summed E-state index contributed by atoms with van der Waals surface area (Å²) in [6.07, 6.45) is 1.79. The Morgan fingerprint density at radius 1 is 1.07 bits per heavy atom. The molecule has 0 aliphatic carbocycles. The first-order valence-corrected chi connectivity index (χ1v) is 9.56. The lowest BCUT2D eigenvalue weighted by molar-refractivity contribution is -0.141. The third kappa shape index (κ3) is 6.31. The second-order valence-electron chi connectivity index (χ2n) is 7.29. The van der Waals surface area contributed by atoms with E-state index < -0.39 is 42.3 Å². The molecule has 0 fully saturated rings. The Kier molecular flexibility index (Phi) is 7.93. The summed E-state index contributed by atoms with van der Waals surface area (Å²) < 4.78 is 0. The first-order valence-electron chi connectivity index (χ1n) is 9.56. The number of nitrogens with two attached hydrogens (primary N) is 1. The lowest BCUT2D eigenvalue weighted by Gasteiger charge is -2.16. The van der Waals surface area contributed by atoms with E-state index >= 15 is 0 Å². The van der Waals surface area contributed by atoms with Gasteiger partial charge in [-0.05, 0) is 17.5 Å². The zero-order valence-electron chi connectivity index (χ0n) is 16.9. The minimum absolute atomic E-state index is 0.0797. The standard InChI is InChI=1S/C20H27N5O5/c1-11(2)18(21)19(28)24-9-16(26)23-10-17(27)25-15(20(29)30)7-12-8-22-14-6-4-3-5-13(12)14/h3-6,8,11,15,18,22H,7,9-10,21H2,1-2H3,(H,23,26)(H,24,28)(H,25,27)(H,29,30). The highest BCUT2D eigenvalue weighted by molar-refractivity contribution is 5.91. The number of aromatic nitrogens is 1. The predicted molar refractivity (Wildman–Crippen MR) is 110 cm³/mol. The summed E-state index contributed by atoms with van der Waals surface area (Å²) in [5.74, 6) is -2.97. The Balaban J connectivity index is 1.83. The van der Waals surface area contributed by atoms with Crippen LogP contribution in [0.2, 0.25) is 0 Å². The maximum Gasteiger partial charge on any atom is 0.326 e. The van der Waals surface area contributed by atoms with Crippen molar-refractivity contribution in [1.29, 1.82) is 0 Å². The number of rotatable bonds is 10. The molecule has 0 saturated heterocycles. The van der Waals surface area contributed by atoms with E-state index in [4.69, 9.17) is 5.73 Å². The predicted octanol–water partition coefficient (Wildman–Crippen LogP) is -0.504. The van der Waals surface area contributed by atoms with Gasteiger partial charge in [0.25, 0.3) is 0 Å². The molecule has 10 nitrogen and oxygen atoms in total. The van der Waals surface area contributed by atoms with Crippen molar-refractivity contribution in [3.8, 4) is 0 Å². The van der Waals surface area contributed by atoms with Crippen molar-refractivity contribution in [1.82, 2.24) is 20.9 Å². The second-order valence-corrected chi connectivity index (χ2v) is 7.29. The summed E-state index contributed by atoms with van der Waals surface area (Å²) in [6, 6.07) is 5.55. The molecule has 0 radical (unpaired) electrons. The molecule has 0 saturated carbocycles. The lowest BCUT2D eigenvalue weighted by Crippen LogP contribution is -2.49. The fourth-order valence-electron chi connectivity index (χ4n) is 2.80. The molecule has 30 heavy (non-hydrogen) atoms. The third-order valence-electron chi connectivity index (χ3n) is 4.62. The summed E-state index contributed by atoms with van der Waals surface area (Å²) in [5.41, 5.74) is 7.30. The van der Waals surface area contributed by atoms with Crippen LogP contribution in [0.1, 0.15) is 19.4 Å². The minimum Gasteiger partial charge on any atom is -0.480 e. The van der Waals surface area contributed by atoms with Crippen molar-refractivity contribution in [3.05, 3.63) is 36.0 Å². The number of benzene rings is 1. The van der Waals surface area contributed by atoms with Gasteiger partial charge in [0.2, 0.25) is 17.7 Å². The molecule has 0 spiro atoms. The van der Waals surface area contributed by atoms with Crippen LogP contribution in [-0.4, -0.2) is 59.0 Å². The molecule has 2 aromatic rings. The van der Waals surface area contributed by atoms with Gasteiger partial charge in [-0.1, -0.05) is 32.0 Å². The van der Waals surface area contributed by atoms with Gasteiger partial charge in [0.1, 0.15) is 6.04 Å².